The molecular weight excluding hydrogens is 430 g/mol. The normalized spacial score (nSPS) is 12.9. The van der Waals surface area contributed by atoms with Gasteiger partial charge in [0.05, 0.1) is 12.8 Å². The summed E-state index contributed by atoms with van der Waals surface area (Å²) in [6, 6.07) is 12.9. The minimum atomic E-state index is -0.164. The van der Waals surface area contributed by atoms with E-state index in [2.05, 4.69) is 24.3 Å². The fraction of sp³-hybridized carbons (Fsp3) is 0.391. The Hall–Kier alpha value is -2.59. The lowest BCUT2D eigenvalue weighted by molar-refractivity contribution is 0.102. The van der Waals surface area contributed by atoms with Gasteiger partial charge in [0.2, 0.25) is 0 Å². The van der Waals surface area contributed by atoms with E-state index in [4.69, 9.17) is 9.26 Å². The average Bonchev–Trinajstić information content (AvgIpc) is 3.33. The molecule has 0 aliphatic carbocycles. The van der Waals surface area contributed by atoms with Gasteiger partial charge in [-0.2, -0.15) is 0 Å². The van der Waals surface area contributed by atoms with Crippen LogP contribution in [0.15, 0.2) is 53.2 Å². The second kappa shape index (κ2) is 14.5. The molecule has 1 aromatic heterocycles. The first-order valence-corrected chi connectivity index (χ1v) is 11.3. The molecule has 0 saturated carbocycles. The highest BCUT2D eigenvalue weighted by molar-refractivity contribution is 8.00. The first-order chi connectivity index (χ1) is 15.6. The summed E-state index contributed by atoms with van der Waals surface area (Å²) in [5.41, 5.74) is 2.94. The highest BCUT2D eigenvalue weighted by Gasteiger charge is 2.13. The Bertz CT molecular complexity index is 919. The molecule has 3 aromatic rings. The van der Waals surface area contributed by atoms with E-state index in [1.54, 1.807) is 38.4 Å². The molecule has 0 atom stereocenters. The molecule has 1 aliphatic heterocycles. The third-order valence-corrected chi connectivity index (χ3v) is 5.27. The summed E-state index contributed by atoms with van der Waals surface area (Å²) in [7, 11) is 3.36. The number of carbonyl (C=O) groups is 1. The second-order valence-corrected chi connectivity index (χ2v) is 7.59. The Labute approximate surface area is 193 Å². The van der Waals surface area contributed by atoms with Crippen LogP contribution >= 0.6 is 11.9 Å². The van der Waals surface area contributed by atoms with Gasteiger partial charge in [-0.05, 0) is 62.2 Å². The van der Waals surface area contributed by atoms with Crippen molar-refractivity contribution in [2.45, 2.75) is 13.8 Å². The zero-order valence-electron chi connectivity index (χ0n) is 19.0. The summed E-state index contributed by atoms with van der Waals surface area (Å²) < 4.78 is 21.7. The molecule has 2 heterocycles. The second-order valence-electron chi connectivity index (χ2n) is 6.48. The lowest BCUT2D eigenvalue weighted by Crippen LogP contribution is -2.25. The topological polar surface area (TPSA) is 86.1 Å². The molecule has 0 spiro atoms. The van der Waals surface area contributed by atoms with Crippen LogP contribution in [0.1, 0.15) is 24.2 Å². The number of nitrogens with one attached hydrogen (secondary N) is 1. The molecule has 32 heavy (non-hydrogen) atoms. The van der Waals surface area contributed by atoms with Gasteiger partial charge < -0.3 is 24.1 Å². The van der Waals surface area contributed by atoms with Crippen LogP contribution in [0.2, 0.25) is 0 Å². The molecule has 8 nitrogen and oxygen atoms in total. The molecule has 4 rings (SSSR count). The SMILES string of the molecule is CCOC.CCOC.O=C(Nc1ccc2cnoc2c1)c1ccc(N2COCCS2)cc1. The smallest absolute Gasteiger partial charge is 0.255 e. The molecule has 1 saturated heterocycles. The number of nitrogens with zero attached hydrogens (tertiary/aromatic N) is 2. The summed E-state index contributed by atoms with van der Waals surface area (Å²) in [6.07, 6.45) is 1.64. The van der Waals surface area contributed by atoms with Crippen molar-refractivity contribution in [3.8, 4) is 0 Å². The predicted molar refractivity (Wildman–Crippen MR) is 129 cm³/mol. The van der Waals surface area contributed by atoms with E-state index in [-0.39, 0.29) is 5.91 Å². The van der Waals surface area contributed by atoms with Gasteiger partial charge in [0.15, 0.2) is 5.58 Å². The largest absolute Gasteiger partial charge is 0.385 e. The Morgan fingerprint density at radius 1 is 1.12 bits per heavy atom. The third-order valence-electron chi connectivity index (χ3n) is 4.29. The van der Waals surface area contributed by atoms with Gasteiger partial charge in [-0.25, -0.2) is 0 Å². The Morgan fingerprint density at radius 3 is 2.41 bits per heavy atom. The van der Waals surface area contributed by atoms with Gasteiger partial charge in [0, 0.05) is 61.6 Å². The quantitative estimate of drug-likeness (QED) is 0.541. The lowest BCUT2D eigenvalue weighted by atomic mass is 10.2. The zero-order valence-corrected chi connectivity index (χ0v) is 19.8. The van der Waals surface area contributed by atoms with Crippen molar-refractivity contribution in [3.63, 3.8) is 0 Å². The molecule has 2 aromatic carbocycles. The molecule has 1 fully saturated rings. The maximum atomic E-state index is 12.4. The monoisotopic (exact) mass is 461 g/mol. The van der Waals surface area contributed by atoms with Crippen LogP contribution in [0.4, 0.5) is 11.4 Å². The minimum absolute atomic E-state index is 0.164. The van der Waals surface area contributed by atoms with E-state index in [9.17, 15) is 4.79 Å². The number of anilines is 2. The Kier molecular flexibility index (Phi) is 11.6. The van der Waals surface area contributed by atoms with Gasteiger partial charge in [-0.3, -0.25) is 9.10 Å². The van der Waals surface area contributed by atoms with Gasteiger partial charge >= 0.3 is 0 Å². The first kappa shape index (κ1) is 25.7. The Morgan fingerprint density at radius 2 is 1.81 bits per heavy atom. The number of aromatic nitrogens is 1. The molecule has 1 aliphatic rings. The van der Waals surface area contributed by atoms with Crippen LogP contribution in [0.5, 0.6) is 0 Å². The minimum Gasteiger partial charge on any atom is -0.385 e. The van der Waals surface area contributed by atoms with E-state index < -0.39 is 0 Å². The number of methoxy groups -OCH3 is 2. The van der Waals surface area contributed by atoms with E-state index in [0.717, 1.165) is 36.6 Å². The van der Waals surface area contributed by atoms with Gasteiger partial charge in [0.1, 0.15) is 6.73 Å². The maximum absolute atomic E-state index is 12.4. The summed E-state index contributed by atoms with van der Waals surface area (Å²) in [6.45, 7) is 6.89. The van der Waals surface area contributed by atoms with Crippen molar-refractivity contribution in [3.05, 3.63) is 54.2 Å². The van der Waals surface area contributed by atoms with E-state index in [0.29, 0.717) is 23.6 Å². The third kappa shape index (κ3) is 8.16. The molecule has 0 unspecified atom stereocenters. The van der Waals surface area contributed by atoms with Crippen molar-refractivity contribution in [2.24, 2.45) is 0 Å². The number of ether oxygens (including phenoxy) is 3. The molecule has 1 N–H and O–H groups in total. The standard InChI is InChI=1S/C17H15N3O3S.2C3H8O/c21-17(19-14-4-1-13-10-18-23-16(13)9-14)12-2-5-15(6-3-12)20-11-22-7-8-24-20;2*1-3-4-2/h1-6,9-10H,7-8,11H2,(H,19,21);2*3H2,1-2H3. The van der Waals surface area contributed by atoms with Crippen molar-refractivity contribution in [1.82, 2.24) is 5.16 Å². The van der Waals surface area contributed by atoms with Crippen molar-refractivity contribution < 1.29 is 23.5 Å². The van der Waals surface area contributed by atoms with Crippen molar-refractivity contribution in [2.75, 3.05) is 56.1 Å². The first-order valence-electron chi connectivity index (χ1n) is 10.3. The number of amides is 1. The molecule has 0 radical (unpaired) electrons. The summed E-state index contributed by atoms with van der Waals surface area (Å²) in [4.78, 5) is 12.4. The molecule has 0 bridgehead atoms. The fourth-order valence-electron chi connectivity index (χ4n) is 2.46. The summed E-state index contributed by atoms with van der Waals surface area (Å²) in [5, 5.41) is 7.50. The number of fused-ring (bicyclic) bond motifs is 1. The van der Waals surface area contributed by atoms with Gasteiger partial charge in [-0.15, -0.1) is 0 Å². The van der Waals surface area contributed by atoms with Crippen molar-refractivity contribution >= 4 is 40.2 Å². The predicted octanol–water partition coefficient (Wildman–Crippen LogP) is 4.83. The molecular formula is C23H31N3O5S. The highest BCUT2D eigenvalue weighted by atomic mass is 32.2. The fourth-order valence-corrected chi connectivity index (χ4v) is 3.29. The van der Waals surface area contributed by atoms with Crippen LogP contribution in [-0.4, -0.2) is 57.6 Å². The van der Waals surface area contributed by atoms with Crippen LogP contribution in [0, 0.1) is 0 Å². The molecule has 9 heteroatoms. The zero-order chi connectivity index (χ0) is 23.2. The van der Waals surface area contributed by atoms with E-state index in [1.807, 2.05) is 50.2 Å². The number of carbonyl (C=O) groups excluding carboxylic acids is 1. The maximum Gasteiger partial charge on any atom is 0.255 e. The lowest BCUT2D eigenvalue weighted by Gasteiger charge is -2.27. The molecule has 174 valence electrons. The van der Waals surface area contributed by atoms with E-state index >= 15 is 0 Å². The number of hydrogen-bond acceptors (Lipinski definition) is 8. The van der Waals surface area contributed by atoms with Crippen LogP contribution in [0.25, 0.3) is 11.0 Å². The summed E-state index contributed by atoms with van der Waals surface area (Å²) in [5.74, 6) is 0.773. The van der Waals surface area contributed by atoms with E-state index in [1.165, 1.54) is 0 Å². The van der Waals surface area contributed by atoms with Crippen LogP contribution in [-0.2, 0) is 14.2 Å². The van der Waals surface area contributed by atoms with Crippen LogP contribution in [0.3, 0.4) is 0 Å². The van der Waals surface area contributed by atoms with Gasteiger partial charge in [0.25, 0.3) is 5.91 Å². The highest BCUT2D eigenvalue weighted by Crippen LogP contribution is 2.25. The summed E-state index contributed by atoms with van der Waals surface area (Å²) >= 11 is 1.73. The molecule has 1 amide bonds. The van der Waals surface area contributed by atoms with Crippen LogP contribution < -0.4 is 9.62 Å². The van der Waals surface area contributed by atoms with Crippen molar-refractivity contribution in [1.29, 1.82) is 0 Å². The number of rotatable bonds is 5. The number of hydrogen-bond donors (Lipinski definition) is 1. The Balaban J connectivity index is 0.000000395. The number of benzene rings is 2. The average molecular weight is 462 g/mol. The van der Waals surface area contributed by atoms with Gasteiger partial charge in [-0.1, -0.05) is 5.16 Å².